The SMILES string of the molecule is CCC[C@H](C[N+](=O)[O-])C(C(=O)OCC)C(=O)OCC. The number of hydrogen-bond donors (Lipinski definition) is 0. The molecule has 0 aromatic rings. The molecule has 0 aliphatic carbocycles. The maximum Gasteiger partial charge on any atom is 0.320 e. The van der Waals surface area contributed by atoms with Crippen LogP contribution >= 0.6 is 0 Å². The van der Waals surface area contributed by atoms with E-state index in [1.807, 2.05) is 6.92 Å². The molecule has 0 N–H and O–H groups in total. The van der Waals surface area contributed by atoms with Gasteiger partial charge in [-0.1, -0.05) is 13.3 Å². The zero-order valence-electron chi connectivity index (χ0n) is 11.6. The Morgan fingerprint density at radius 2 is 1.58 bits per heavy atom. The minimum atomic E-state index is -1.22. The van der Waals surface area contributed by atoms with Gasteiger partial charge >= 0.3 is 11.9 Å². The first-order valence-electron chi connectivity index (χ1n) is 6.42. The van der Waals surface area contributed by atoms with E-state index in [9.17, 15) is 19.7 Å². The second kappa shape index (κ2) is 9.29. The van der Waals surface area contributed by atoms with Crippen molar-refractivity contribution in [1.82, 2.24) is 0 Å². The molecule has 0 fully saturated rings. The van der Waals surface area contributed by atoms with Crippen LogP contribution in [0.25, 0.3) is 0 Å². The van der Waals surface area contributed by atoms with Gasteiger partial charge < -0.3 is 9.47 Å². The Labute approximate surface area is 112 Å². The van der Waals surface area contributed by atoms with E-state index in [4.69, 9.17) is 9.47 Å². The van der Waals surface area contributed by atoms with Crippen molar-refractivity contribution in [3.8, 4) is 0 Å². The summed E-state index contributed by atoms with van der Waals surface area (Å²) in [5.41, 5.74) is 0. The number of ether oxygens (including phenoxy) is 2. The van der Waals surface area contributed by atoms with Crippen molar-refractivity contribution in [2.24, 2.45) is 11.8 Å². The van der Waals surface area contributed by atoms with Gasteiger partial charge in [-0.25, -0.2) is 0 Å². The Balaban J connectivity index is 5.07. The number of carbonyl (C=O) groups excluding carboxylic acids is 2. The molecule has 0 aromatic heterocycles. The number of esters is 2. The topological polar surface area (TPSA) is 95.7 Å². The summed E-state index contributed by atoms with van der Waals surface area (Å²) in [4.78, 5) is 33.8. The highest BCUT2D eigenvalue weighted by atomic mass is 16.6. The highest BCUT2D eigenvalue weighted by Crippen LogP contribution is 2.21. The van der Waals surface area contributed by atoms with Gasteiger partial charge in [0, 0.05) is 10.8 Å². The third-order valence-electron chi connectivity index (χ3n) is 2.60. The summed E-state index contributed by atoms with van der Waals surface area (Å²) >= 11 is 0. The Kier molecular flexibility index (Phi) is 8.48. The highest BCUT2D eigenvalue weighted by Gasteiger charge is 2.39. The first-order chi connectivity index (χ1) is 8.97. The van der Waals surface area contributed by atoms with Gasteiger partial charge in [-0.05, 0) is 20.3 Å². The lowest BCUT2D eigenvalue weighted by atomic mass is 9.88. The summed E-state index contributed by atoms with van der Waals surface area (Å²) in [6, 6.07) is 0. The molecular formula is C12H21NO6. The van der Waals surface area contributed by atoms with Crippen LogP contribution in [-0.2, 0) is 19.1 Å². The van der Waals surface area contributed by atoms with Gasteiger partial charge in [-0.15, -0.1) is 0 Å². The first-order valence-corrected chi connectivity index (χ1v) is 6.42. The smallest absolute Gasteiger partial charge is 0.320 e. The van der Waals surface area contributed by atoms with Crippen LogP contribution in [0.2, 0.25) is 0 Å². The maximum absolute atomic E-state index is 11.8. The molecule has 110 valence electrons. The molecule has 0 unspecified atom stereocenters. The Hall–Kier alpha value is -1.66. The fourth-order valence-corrected chi connectivity index (χ4v) is 1.87. The van der Waals surface area contributed by atoms with Gasteiger partial charge in [0.25, 0.3) is 0 Å². The third kappa shape index (κ3) is 6.17. The molecule has 0 radical (unpaired) electrons. The van der Waals surface area contributed by atoms with Crippen LogP contribution in [0.1, 0.15) is 33.6 Å². The quantitative estimate of drug-likeness (QED) is 0.273. The molecule has 0 aromatic carbocycles. The normalized spacial score (nSPS) is 12.0. The van der Waals surface area contributed by atoms with Gasteiger partial charge in [0.05, 0.1) is 13.2 Å². The van der Waals surface area contributed by atoms with Gasteiger partial charge in [-0.3, -0.25) is 19.7 Å². The number of rotatable bonds is 9. The second-order valence-corrected chi connectivity index (χ2v) is 4.05. The molecule has 0 bridgehead atoms. The molecule has 0 heterocycles. The molecule has 0 rings (SSSR count). The molecule has 0 spiro atoms. The average Bonchev–Trinajstić information content (AvgIpc) is 2.29. The fraction of sp³-hybridized carbons (Fsp3) is 0.833. The summed E-state index contributed by atoms with van der Waals surface area (Å²) in [6.07, 6.45) is 1.02. The highest BCUT2D eigenvalue weighted by molar-refractivity contribution is 5.95. The third-order valence-corrected chi connectivity index (χ3v) is 2.60. The summed E-state index contributed by atoms with van der Waals surface area (Å²) in [5.74, 6) is -3.41. The zero-order valence-corrected chi connectivity index (χ0v) is 11.6. The Bertz CT molecular complexity index is 299. The molecule has 7 heteroatoms. The minimum Gasteiger partial charge on any atom is -0.465 e. The van der Waals surface area contributed by atoms with Crippen molar-refractivity contribution < 1.29 is 24.0 Å². The van der Waals surface area contributed by atoms with Gasteiger partial charge in [0.15, 0.2) is 5.92 Å². The predicted octanol–water partition coefficient (Wildman–Crippen LogP) is 1.42. The molecule has 0 amide bonds. The van der Waals surface area contributed by atoms with Crippen LogP contribution in [0, 0.1) is 22.0 Å². The van der Waals surface area contributed by atoms with Crippen molar-refractivity contribution in [2.75, 3.05) is 19.8 Å². The molecule has 1 atom stereocenters. The number of carbonyl (C=O) groups is 2. The maximum atomic E-state index is 11.8. The van der Waals surface area contributed by atoms with E-state index in [0.717, 1.165) is 0 Å². The molecule has 0 aliphatic heterocycles. The minimum absolute atomic E-state index is 0.117. The fourth-order valence-electron chi connectivity index (χ4n) is 1.87. The summed E-state index contributed by atoms with van der Waals surface area (Å²) in [7, 11) is 0. The largest absolute Gasteiger partial charge is 0.465 e. The van der Waals surface area contributed by atoms with Crippen molar-refractivity contribution in [3.05, 3.63) is 10.1 Å². The Morgan fingerprint density at radius 1 is 1.11 bits per heavy atom. The monoisotopic (exact) mass is 275 g/mol. The second-order valence-electron chi connectivity index (χ2n) is 4.05. The van der Waals surface area contributed by atoms with Gasteiger partial charge in [0.1, 0.15) is 0 Å². The van der Waals surface area contributed by atoms with Crippen LogP contribution in [0.15, 0.2) is 0 Å². The number of nitrogens with zero attached hydrogens (tertiary/aromatic N) is 1. The van der Waals surface area contributed by atoms with E-state index in [2.05, 4.69) is 0 Å². The van der Waals surface area contributed by atoms with E-state index >= 15 is 0 Å². The van der Waals surface area contributed by atoms with Gasteiger partial charge in [0.2, 0.25) is 6.54 Å². The standard InChI is InChI=1S/C12H21NO6/c1-4-7-9(8-13(16)17)10(11(14)18-5-2)12(15)19-6-3/h9-10H,4-8H2,1-3H3/t9-/m1/s1. The lowest BCUT2D eigenvalue weighted by Crippen LogP contribution is -2.37. The summed E-state index contributed by atoms with van der Waals surface area (Å²) in [6.45, 7) is 4.85. The van der Waals surface area contributed by atoms with Crippen LogP contribution in [0.4, 0.5) is 0 Å². The van der Waals surface area contributed by atoms with Crippen molar-refractivity contribution in [3.63, 3.8) is 0 Å². The predicted molar refractivity (Wildman–Crippen MR) is 67.0 cm³/mol. The van der Waals surface area contributed by atoms with Crippen LogP contribution in [0.5, 0.6) is 0 Å². The van der Waals surface area contributed by atoms with Crippen LogP contribution < -0.4 is 0 Å². The molecule has 0 saturated carbocycles. The zero-order chi connectivity index (χ0) is 14.8. The van der Waals surface area contributed by atoms with E-state index in [1.54, 1.807) is 13.8 Å². The number of nitro groups is 1. The van der Waals surface area contributed by atoms with Gasteiger partial charge in [-0.2, -0.15) is 0 Å². The molecular weight excluding hydrogens is 254 g/mol. The lowest BCUT2D eigenvalue weighted by Gasteiger charge is -2.20. The van der Waals surface area contributed by atoms with E-state index in [1.165, 1.54) is 0 Å². The average molecular weight is 275 g/mol. The molecule has 0 saturated heterocycles. The Morgan fingerprint density at radius 3 is 1.89 bits per heavy atom. The number of hydrogen-bond acceptors (Lipinski definition) is 6. The van der Waals surface area contributed by atoms with Crippen molar-refractivity contribution >= 4 is 11.9 Å². The summed E-state index contributed by atoms with van der Waals surface area (Å²) in [5, 5.41) is 10.7. The molecule has 19 heavy (non-hydrogen) atoms. The molecule has 7 nitrogen and oxygen atoms in total. The molecule has 0 aliphatic rings. The van der Waals surface area contributed by atoms with Crippen LogP contribution in [0.3, 0.4) is 0 Å². The van der Waals surface area contributed by atoms with Crippen LogP contribution in [-0.4, -0.2) is 36.6 Å². The van der Waals surface area contributed by atoms with Crippen molar-refractivity contribution in [2.45, 2.75) is 33.6 Å². The van der Waals surface area contributed by atoms with E-state index in [0.29, 0.717) is 12.8 Å². The van der Waals surface area contributed by atoms with E-state index < -0.39 is 35.2 Å². The first kappa shape index (κ1) is 17.3. The summed E-state index contributed by atoms with van der Waals surface area (Å²) < 4.78 is 9.64. The van der Waals surface area contributed by atoms with E-state index in [-0.39, 0.29) is 13.2 Å². The lowest BCUT2D eigenvalue weighted by molar-refractivity contribution is -0.489. The van der Waals surface area contributed by atoms with Crippen molar-refractivity contribution in [1.29, 1.82) is 0 Å².